The van der Waals surface area contributed by atoms with Crippen LogP contribution >= 0.6 is 0 Å². The number of carbonyl (C=O) groups excluding carboxylic acids is 1. The van der Waals surface area contributed by atoms with Gasteiger partial charge in [0.1, 0.15) is 6.04 Å². The molecule has 2 fully saturated rings. The van der Waals surface area contributed by atoms with E-state index in [2.05, 4.69) is 22.3 Å². The first-order chi connectivity index (χ1) is 14.1. The van der Waals surface area contributed by atoms with Crippen LogP contribution in [-0.4, -0.2) is 50.9 Å². The number of rotatable bonds is 6. The Hall–Kier alpha value is -2.38. The Morgan fingerprint density at radius 3 is 2.38 bits per heavy atom. The monoisotopic (exact) mass is 413 g/mol. The third-order valence-electron chi connectivity index (χ3n) is 5.83. The highest BCUT2D eigenvalue weighted by Crippen LogP contribution is 2.27. The number of carbonyl (C=O) groups is 1. The zero-order valence-electron chi connectivity index (χ0n) is 16.4. The zero-order chi connectivity index (χ0) is 20.3. The molecule has 0 radical (unpaired) electrons. The standard InChI is InChI=1S/C22H27N3O3S/c26-22(23-16-18-13-15-24(17-18)19-8-3-1-4-9-19)21-12-7-14-25(21)29(27,28)20-10-5-2-6-11-20/h1-6,8-11,18,21H,7,12-17H2,(H,23,26). The second kappa shape index (κ2) is 8.55. The smallest absolute Gasteiger partial charge is 0.243 e. The summed E-state index contributed by atoms with van der Waals surface area (Å²) in [5.41, 5.74) is 1.21. The van der Waals surface area contributed by atoms with Crippen LogP contribution in [0.4, 0.5) is 5.69 Å². The highest BCUT2D eigenvalue weighted by Gasteiger charge is 2.39. The van der Waals surface area contributed by atoms with Crippen molar-refractivity contribution in [3.05, 3.63) is 60.7 Å². The van der Waals surface area contributed by atoms with Gasteiger partial charge in [0.05, 0.1) is 4.90 Å². The average molecular weight is 414 g/mol. The molecule has 1 amide bonds. The Kier molecular flexibility index (Phi) is 5.87. The van der Waals surface area contributed by atoms with E-state index in [1.54, 1.807) is 30.3 Å². The molecule has 7 heteroatoms. The van der Waals surface area contributed by atoms with E-state index in [0.717, 1.165) is 19.5 Å². The van der Waals surface area contributed by atoms with Crippen molar-refractivity contribution >= 4 is 21.6 Å². The van der Waals surface area contributed by atoms with Gasteiger partial charge in [-0.2, -0.15) is 4.31 Å². The van der Waals surface area contributed by atoms with Gasteiger partial charge in [0.15, 0.2) is 0 Å². The summed E-state index contributed by atoms with van der Waals surface area (Å²) >= 11 is 0. The minimum atomic E-state index is -3.65. The van der Waals surface area contributed by atoms with Crippen molar-refractivity contribution < 1.29 is 13.2 Å². The Bertz CT molecular complexity index is 934. The fourth-order valence-corrected chi connectivity index (χ4v) is 5.93. The number of amides is 1. The molecule has 2 unspecified atom stereocenters. The van der Waals surface area contributed by atoms with Crippen molar-refractivity contribution in [2.75, 3.05) is 31.1 Å². The summed E-state index contributed by atoms with van der Waals surface area (Å²) in [6, 6.07) is 18.0. The van der Waals surface area contributed by atoms with E-state index in [0.29, 0.717) is 31.8 Å². The van der Waals surface area contributed by atoms with Crippen LogP contribution in [-0.2, 0) is 14.8 Å². The summed E-state index contributed by atoms with van der Waals surface area (Å²) in [4.78, 5) is 15.4. The molecule has 0 spiro atoms. The van der Waals surface area contributed by atoms with Crippen molar-refractivity contribution in [1.29, 1.82) is 0 Å². The van der Waals surface area contributed by atoms with Gasteiger partial charge >= 0.3 is 0 Å². The van der Waals surface area contributed by atoms with E-state index in [-0.39, 0.29) is 10.8 Å². The summed E-state index contributed by atoms with van der Waals surface area (Å²) in [6.07, 6.45) is 2.29. The second-order valence-electron chi connectivity index (χ2n) is 7.77. The van der Waals surface area contributed by atoms with Gasteiger partial charge in [-0.05, 0) is 49.4 Å². The molecule has 6 nitrogen and oxygen atoms in total. The van der Waals surface area contributed by atoms with Gasteiger partial charge in [0.25, 0.3) is 0 Å². The number of hydrogen-bond donors (Lipinski definition) is 1. The summed E-state index contributed by atoms with van der Waals surface area (Å²) in [6.45, 7) is 2.85. The van der Waals surface area contributed by atoms with E-state index < -0.39 is 16.1 Å². The zero-order valence-corrected chi connectivity index (χ0v) is 17.2. The van der Waals surface area contributed by atoms with Crippen LogP contribution < -0.4 is 10.2 Å². The Balaban J connectivity index is 1.35. The number of nitrogens with zero attached hydrogens (tertiary/aromatic N) is 2. The summed E-state index contributed by atoms with van der Waals surface area (Å²) in [5.74, 6) is 0.194. The van der Waals surface area contributed by atoms with Crippen molar-refractivity contribution in [3.8, 4) is 0 Å². The number of para-hydroxylation sites is 1. The molecule has 2 atom stereocenters. The largest absolute Gasteiger partial charge is 0.371 e. The summed E-state index contributed by atoms with van der Waals surface area (Å²) in [7, 11) is -3.65. The maximum absolute atomic E-state index is 12.9. The molecule has 0 aromatic heterocycles. The number of hydrogen-bond acceptors (Lipinski definition) is 4. The van der Waals surface area contributed by atoms with Crippen LogP contribution in [0.25, 0.3) is 0 Å². The Labute approximate surface area is 172 Å². The van der Waals surface area contributed by atoms with Crippen LogP contribution in [0.2, 0.25) is 0 Å². The van der Waals surface area contributed by atoms with Crippen LogP contribution in [0.5, 0.6) is 0 Å². The highest BCUT2D eigenvalue weighted by atomic mass is 32.2. The molecule has 2 aromatic carbocycles. The van der Waals surface area contributed by atoms with E-state index in [1.807, 2.05) is 18.2 Å². The van der Waals surface area contributed by atoms with Crippen LogP contribution in [0, 0.1) is 5.92 Å². The number of nitrogens with one attached hydrogen (secondary N) is 1. The van der Waals surface area contributed by atoms with E-state index >= 15 is 0 Å². The van der Waals surface area contributed by atoms with Crippen molar-refractivity contribution in [2.45, 2.75) is 30.2 Å². The highest BCUT2D eigenvalue weighted by molar-refractivity contribution is 7.89. The molecule has 2 heterocycles. The van der Waals surface area contributed by atoms with Crippen molar-refractivity contribution in [2.24, 2.45) is 5.92 Å². The molecule has 154 valence electrons. The summed E-state index contributed by atoms with van der Waals surface area (Å²) in [5, 5.41) is 3.02. The maximum atomic E-state index is 12.9. The molecule has 0 saturated carbocycles. The number of benzene rings is 2. The predicted octanol–water partition coefficient (Wildman–Crippen LogP) is 2.48. The van der Waals surface area contributed by atoms with Crippen LogP contribution in [0.3, 0.4) is 0 Å². The SMILES string of the molecule is O=C(NCC1CCN(c2ccccc2)C1)C1CCCN1S(=O)(=O)c1ccccc1. The minimum Gasteiger partial charge on any atom is -0.371 e. The van der Waals surface area contributed by atoms with Gasteiger partial charge in [-0.25, -0.2) is 8.42 Å². The average Bonchev–Trinajstić information content (AvgIpc) is 3.43. The normalized spacial score (nSPS) is 22.7. The third-order valence-corrected chi connectivity index (χ3v) is 7.75. The van der Waals surface area contributed by atoms with E-state index in [4.69, 9.17) is 0 Å². The van der Waals surface area contributed by atoms with Crippen molar-refractivity contribution in [3.63, 3.8) is 0 Å². The lowest BCUT2D eigenvalue weighted by molar-refractivity contribution is -0.124. The molecule has 4 rings (SSSR count). The molecule has 2 aliphatic rings. The van der Waals surface area contributed by atoms with Gasteiger partial charge < -0.3 is 10.2 Å². The second-order valence-corrected chi connectivity index (χ2v) is 9.66. The van der Waals surface area contributed by atoms with E-state index in [9.17, 15) is 13.2 Å². The predicted molar refractivity (Wildman–Crippen MR) is 113 cm³/mol. The molecule has 2 aromatic rings. The lowest BCUT2D eigenvalue weighted by atomic mass is 10.1. The molecular formula is C22H27N3O3S. The lowest BCUT2D eigenvalue weighted by Crippen LogP contribution is -2.47. The first-order valence-corrected chi connectivity index (χ1v) is 11.6. The van der Waals surface area contributed by atoms with E-state index in [1.165, 1.54) is 9.99 Å². The van der Waals surface area contributed by atoms with Gasteiger partial charge in [-0.15, -0.1) is 0 Å². The fourth-order valence-electron chi connectivity index (χ4n) is 4.25. The Morgan fingerprint density at radius 2 is 1.66 bits per heavy atom. The first-order valence-electron chi connectivity index (χ1n) is 10.2. The quantitative estimate of drug-likeness (QED) is 0.790. The van der Waals surface area contributed by atoms with Gasteiger partial charge in [0.2, 0.25) is 15.9 Å². The minimum absolute atomic E-state index is 0.180. The van der Waals surface area contributed by atoms with Gasteiger partial charge in [-0.1, -0.05) is 36.4 Å². The van der Waals surface area contributed by atoms with Gasteiger partial charge in [0, 0.05) is 31.9 Å². The molecule has 1 N–H and O–H groups in total. The molecular weight excluding hydrogens is 386 g/mol. The number of sulfonamides is 1. The number of anilines is 1. The molecule has 2 aliphatic heterocycles. The molecule has 0 bridgehead atoms. The Morgan fingerprint density at radius 1 is 0.966 bits per heavy atom. The van der Waals surface area contributed by atoms with Crippen LogP contribution in [0.15, 0.2) is 65.6 Å². The molecule has 0 aliphatic carbocycles. The maximum Gasteiger partial charge on any atom is 0.243 e. The first kappa shape index (κ1) is 19.9. The summed E-state index contributed by atoms with van der Waals surface area (Å²) < 4.78 is 27.3. The van der Waals surface area contributed by atoms with Crippen molar-refractivity contribution in [1.82, 2.24) is 9.62 Å². The van der Waals surface area contributed by atoms with Crippen LogP contribution in [0.1, 0.15) is 19.3 Å². The fraction of sp³-hybridized carbons (Fsp3) is 0.409. The van der Waals surface area contributed by atoms with Gasteiger partial charge in [-0.3, -0.25) is 4.79 Å². The molecule has 29 heavy (non-hydrogen) atoms. The lowest BCUT2D eigenvalue weighted by Gasteiger charge is -2.24. The topological polar surface area (TPSA) is 69.7 Å². The molecule has 2 saturated heterocycles. The third kappa shape index (κ3) is 4.31.